The topological polar surface area (TPSA) is 77.4 Å². The summed E-state index contributed by atoms with van der Waals surface area (Å²) in [5.41, 5.74) is 4.10. The molecule has 2 aromatic rings. The number of unbranched alkanes of at least 4 members (excludes halogenated alkanes) is 10. The number of likely N-dealkylation sites (N-methyl/N-ethyl adjacent to an activating group) is 2. The molecule has 0 fully saturated rings. The lowest BCUT2D eigenvalue weighted by Crippen LogP contribution is -2.50. The molecule has 8 nitrogen and oxygen atoms in total. The third-order valence-corrected chi connectivity index (χ3v) is 9.21. The van der Waals surface area contributed by atoms with Gasteiger partial charge in [0.05, 0.1) is 52.7 Å². The molecule has 2 N–H and O–H groups in total. The van der Waals surface area contributed by atoms with Crippen LogP contribution in [0, 0.1) is 0 Å². The minimum Gasteiger partial charge on any atom is -0.493 e. The number of ether oxygens (including phenoxy) is 4. The highest BCUT2D eigenvalue weighted by molar-refractivity contribution is 5.50. The van der Waals surface area contributed by atoms with Crippen LogP contribution in [0.3, 0.4) is 0 Å². The maximum atomic E-state index is 11.7. The molecule has 2 unspecified atom stereocenters. The van der Waals surface area contributed by atoms with Crippen LogP contribution in [-0.2, 0) is 25.9 Å². The first-order valence-corrected chi connectivity index (χ1v) is 18.8. The van der Waals surface area contributed by atoms with Crippen LogP contribution in [0.2, 0.25) is 0 Å². The van der Waals surface area contributed by atoms with Gasteiger partial charge in [-0.1, -0.05) is 91.9 Å². The SMILES string of the molecule is CCCCCCCCOc1c(C[N+](C)(O)CC[N+](C)(O)Cc2cc(CC)cc(OC)c2OCCCCCCCC)cc(CC)cc1OC. The van der Waals surface area contributed by atoms with E-state index in [-0.39, 0.29) is 9.29 Å². The van der Waals surface area contributed by atoms with Crippen molar-refractivity contribution in [2.45, 2.75) is 131 Å². The van der Waals surface area contributed by atoms with Crippen molar-refractivity contribution in [3.63, 3.8) is 0 Å². The Hall–Kier alpha value is -2.52. The summed E-state index contributed by atoms with van der Waals surface area (Å²) < 4.78 is 23.6. The van der Waals surface area contributed by atoms with Gasteiger partial charge in [0, 0.05) is 0 Å². The van der Waals surface area contributed by atoms with Gasteiger partial charge in [-0.2, -0.15) is 9.29 Å². The molecule has 0 radical (unpaired) electrons. The van der Waals surface area contributed by atoms with E-state index in [1.54, 1.807) is 28.3 Å². The average molecular weight is 675 g/mol. The average Bonchev–Trinajstić information content (AvgIpc) is 3.06. The van der Waals surface area contributed by atoms with E-state index >= 15 is 0 Å². The first-order valence-electron chi connectivity index (χ1n) is 18.8. The van der Waals surface area contributed by atoms with Crippen LogP contribution >= 0.6 is 0 Å². The first-order chi connectivity index (χ1) is 23.0. The molecule has 274 valence electrons. The van der Waals surface area contributed by atoms with Gasteiger partial charge in [0.25, 0.3) is 0 Å². The summed E-state index contributed by atoms with van der Waals surface area (Å²) in [5.74, 6) is 2.82. The number of rotatable bonds is 27. The van der Waals surface area contributed by atoms with Crippen LogP contribution in [0.15, 0.2) is 24.3 Å². The fourth-order valence-electron chi connectivity index (χ4n) is 6.16. The zero-order chi connectivity index (χ0) is 35.4. The van der Waals surface area contributed by atoms with Gasteiger partial charge < -0.3 is 18.9 Å². The molecule has 2 rings (SSSR count). The van der Waals surface area contributed by atoms with E-state index in [1.165, 1.54) is 51.4 Å². The van der Waals surface area contributed by atoms with Gasteiger partial charge >= 0.3 is 0 Å². The van der Waals surface area contributed by atoms with Crippen LogP contribution in [0.1, 0.15) is 127 Å². The predicted octanol–water partition coefficient (Wildman–Crippen LogP) is 9.68. The van der Waals surface area contributed by atoms with Gasteiger partial charge in [-0.3, -0.25) is 0 Å². The maximum Gasteiger partial charge on any atom is 0.170 e. The van der Waals surface area contributed by atoms with Crippen molar-refractivity contribution >= 4 is 0 Å². The summed E-state index contributed by atoms with van der Waals surface area (Å²) >= 11 is 0. The number of aryl methyl sites for hydroxylation is 2. The largest absolute Gasteiger partial charge is 0.493 e. The number of hydrogen-bond acceptors (Lipinski definition) is 6. The summed E-state index contributed by atoms with van der Waals surface area (Å²) in [6, 6.07) is 8.31. The highest BCUT2D eigenvalue weighted by Crippen LogP contribution is 2.37. The summed E-state index contributed by atoms with van der Waals surface area (Å²) in [6.45, 7) is 11.3. The Labute approximate surface area is 293 Å². The Morgan fingerprint density at radius 2 is 0.875 bits per heavy atom. The number of nitrogens with zero attached hydrogens (tertiary/aromatic N) is 2. The Morgan fingerprint density at radius 3 is 1.21 bits per heavy atom. The second-order valence-electron chi connectivity index (χ2n) is 14.0. The number of methoxy groups -OCH3 is 2. The maximum absolute atomic E-state index is 11.7. The van der Waals surface area contributed by atoms with E-state index in [1.807, 2.05) is 12.1 Å². The summed E-state index contributed by atoms with van der Waals surface area (Å²) in [7, 11) is 6.93. The van der Waals surface area contributed by atoms with Crippen molar-refractivity contribution in [1.82, 2.24) is 0 Å². The van der Waals surface area contributed by atoms with Crippen molar-refractivity contribution in [1.29, 1.82) is 0 Å². The molecule has 0 amide bonds. The Kier molecular flexibility index (Phi) is 19.3. The molecular weight excluding hydrogens is 604 g/mol. The van der Waals surface area contributed by atoms with Gasteiger partial charge in [0.1, 0.15) is 13.1 Å². The van der Waals surface area contributed by atoms with Crippen molar-refractivity contribution in [2.24, 2.45) is 0 Å². The standard InChI is InChI=1S/C40H70N2O6/c1-9-13-15-17-19-21-25-47-39-35(27-33(11-3)29-37(39)45-7)31-41(5,43)23-24-42(6,44)32-36-28-34(12-4)30-38(46-8)40(36)48-26-22-20-18-16-14-10-2/h27-30,43-44H,9-26,31-32H2,1-8H3/q+2. The second-order valence-corrected chi connectivity index (χ2v) is 14.0. The monoisotopic (exact) mass is 675 g/mol. The molecule has 0 aliphatic rings. The van der Waals surface area contributed by atoms with Crippen LogP contribution in [0.25, 0.3) is 0 Å². The highest BCUT2D eigenvalue weighted by Gasteiger charge is 2.31. The zero-order valence-corrected chi connectivity index (χ0v) is 31.9. The third-order valence-electron chi connectivity index (χ3n) is 9.21. The Bertz CT molecular complexity index is 1090. The molecule has 0 saturated carbocycles. The number of hydrogen-bond donors (Lipinski definition) is 2. The van der Waals surface area contributed by atoms with E-state index in [0.717, 1.165) is 60.8 Å². The quantitative estimate of drug-likeness (QED) is 0.0558. The lowest BCUT2D eigenvalue weighted by atomic mass is 10.1. The molecule has 2 atom stereocenters. The van der Waals surface area contributed by atoms with Crippen LogP contribution in [0.5, 0.6) is 23.0 Å². The molecule has 0 heterocycles. The minimum absolute atomic E-state index is 0.294. The van der Waals surface area contributed by atoms with E-state index in [4.69, 9.17) is 18.9 Å². The number of hydroxylamine groups is 6. The van der Waals surface area contributed by atoms with Gasteiger partial charge in [0.15, 0.2) is 36.1 Å². The van der Waals surface area contributed by atoms with Crippen LogP contribution < -0.4 is 18.9 Å². The summed E-state index contributed by atoms with van der Waals surface area (Å²) in [5, 5.41) is 23.3. The Balaban J connectivity index is 2.15. The minimum atomic E-state index is -0.294. The number of quaternary nitrogens is 2. The normalized spacial score (nSPS) is 14.0. The van der Waals surface area contributed by atoms with E-state index in [0.29, 0.717) is 62.4 Å². The fraction of sp³-hybridized carbons (Fsp3) is 0.700. The molecule has 0 spiro atoms. The second kappa shape index (κ2) is 22.2. The third kappa shape index (κ3) is 14.9. The zero-order valence-electron chi connectivity index (χ0n) is 31.9. The first kappa shape index (κ1) is 41.7. The molecular formula is C40H70N2O6+2. The van der Waals surface area contributed by atoms with E-state index < -0.39 is 0 Å². The van der Waals surface area contributed by atoms with Crippen molar-refractivity contribution in [3.05, 3.63) is 46.5 Å². The lowest BCUT2D eigenvalue weighted by molar-refractivity contribution is -1.14. The van der Waals surface area contributed by atoms with E-state index in [2.05, 4.69) is 39.8 Å². The van der Waals surface area contributed by atoms with E-state index in [9.17, 15) is 10.4 Å². The van der Waals surface area contributed by atoms with Crippen molar-refractivity contribution in [3.8, 4) is 23.0 Å². The van der Waals surface area contributed by atoms with Gasteiger partial charge in [-0.05, 0) is 61.1 Å². The smallest absolute Gasteiger partial charge is 0.170 e. The van der Waals surface area contributed by atoms with Crippen molar-refractivity contribution < 1.29 is 38.7 Å². The highest BCUT2D eigenvalue weighted by atomic mass is 16.6. The molecule has 0 aliphatic heterocycles. The fourth-order valence-corrected chi connectivity index (χ4v) is 6.16. The molecule has 0 aliphatic carbocycles. The summed E-state index contributed by atoms with van der Waals surface area (Å²) in [6.07, 6.45) is 16.0. The van der Waals surface area contributed by atoms with Crippen LogP contribution in [0.4, 0.5) is 0 Å². The Morgan fingerprint density at radius 1 is 0.521 bits per heavy atom. The molecule has 8 heteroatoms. The predicted molar refractivity (Wildman–Crippen MR) is 196 cm³/mol. The lowest BCUT2D eigenvalue weighted by Gasteiger charge is -2.32. The molecule has 2 aromatic carbocycles. The molecule has 0 saturated heterocycles. The van der Waals surface area contributed by atoms with Gasteiger partial charge in [-0.15, -0.1) is 0 Å². The molecule has 0 aromatic heterocycles. The molecule has 48 heavy (non-hydrogen) atoms. The van der Waals surface area contributed by atoms with Crippen LogP contribution in [-0.4, -0.2) is 74.3 Å². The van der Waals surface area contributed by atoms with Gasteiger partial charge in [-0.25, -0.2) is 10.4 Å². The van der Waals surface area contributed by atoms with Crippen molar-refractivity contribution in [2.75, 3.05) is 54.6 Å². The summed E-state index contributed by atoms with van der Waals surface area (Å²) in [4.78, 5) is 0. The number of benzene rings is 2. The molecule has 0 bridgehead atoms. The van der Waals surface area contributed by atoms with Gasteiger partial charge in [0.2, 0.25) is 0 Å².